The van der Waals surface area contributed by atoms with Crippen LogP contribution < -0.4 is 9.88 Å². The molecule has 2 aromatic rings. The molecule has 0 bridgehead atoms. The summed E-state index contributed by atoms with van der Waals surface area (Å²) in [6.07, 6.45) is 0. The lowest BCUT2D eigenvalue weighted by Crippen LogP contribution is -2.30. The molecule has 0 heterocycles. The van der Waals surface area contributed by atoms with Crippen molar-refractivity contribution in [2.45, 2.75) is 17.9 Å². The van der Waals surface area contributed by atoms with E-state index in [1.165, 1.54) is 24.1 Å². The van der Waals surface area contributed by atoms with Gasteiger partial charge < -0.3 is 9.64 Å². The second kappa shape index (κ2) is 7.55. The Labute approximate surface area is 155 Å². The van der Waals surface area contributed by atoms with Gasteiger partial charge in [0.2, 0.25) is 10.0 Å². The Morgan fingerprint density at radius 3 is 2.52 bits per heavy atom. The minimum absolute atomic E-state index is 0.0141. The van der Waals surface area contributed by atoms with Crippen LogP contribution >= 0.6 is 15.9 Å². The molecule has 0 aromatic heterocycles. The van der Waals surface area contributed by atoms with Crippen LogP contribution in [-0.2, 0) is 10.0 Å². The number of amides is 1. The van der Waals surface area contributed by atoms with Gasteiger partial charge in [-0.25, -0.2) is 13.6 Å². The largest absolute Gasteiger partial charge is 0.497 e. The molecule has 0 spiro atoms. The quantitative estimate of drug-likeness (QED) is 0.795. The molecule has 134 valence electrons. The third-order valence-corrected chi connectivity index (χ3v) is 5.58. The number of ether oxygens (including phenoxy) is 1. The molecule has 0 saturated carbocycles. The Bertz CT molecular complexity index is 899. The monoisotopic (exact) mass is 426 g/mol. The summed E-state index contributed by atoms with van der Waals surface area (Å²) in [5.41, 5.74) is 1.12. The minimum atomic E-state index is -3.80. The second-order valence-corrected chi connectivity index (χ2v) is 7.97. The zero-order valence-electron chi connectivity index (χ0n) is 14.1. The molecular weight excluding hydrogens is 408 g/mol. The van der Waals surface area contributed by atoms with E-state index in [0.717, 1.165) is 0 Å². The van der Waals surface area contributed by atoms with Gasteiger partial charge in [0, 0.05) is 11.5 Å². The molecular formula is C17H19BrN2O4S. The van der Waals surface area contributed by atoms with Crippen LogP contribution in [0.2, 0.25) is 0 Å². The number of primary sulfonamides is 1. The van der Waals surface area contributed by atoms with Crippen LogP contribution in [0.15, 0.2) is 51.8 Å². The molecule has 0 saturated heterocycles. The van der Waals surface area contributed by atoms with Gasteiger partial charge >= 0.3 is 0 Å². The third kappa shape index (κ3) is 4.39. The number of nitrogens with two attached hydrogens (primary N) is 1. The van der Waals surface area contributed by atoms with Crippen LogP contribution in [0.4, 0.5) is 0 Å². The molecule has 6 nitrogen and oxygen atoms in total. The Hall–Kier alpha value is -1.90. The summed E-state index contributed by atoms with van der Waals surface area (Å²) in [4.78, 5) is 14.4. The Kier molecular flexibility index (Phi) is 5.87. The number of carbonyl (C=O) groups is 1. The van der Waals surface area contributed by atoms with E-state index < -0.39 is 10.0 Å². The molecule has 25 heavy (non-hydrogen) atoms. The Balaban J connectivity index is 2.34. The third-order valence-electron chi connectivity index (χ3n) is 3.97. The summed E-state index contributed by atoms with van der Waals surface area (Å²) in [5, 5.41) is 5.18. The predicted octanol–water partition coefficient (Wildman–Crippen LogP) is 2.94. The van der Waals surface area contributed by atoms with Crippen LogP contribution in [0.5, 0.6) is 5.75 Å². The van der Waals surface area contributed by atoms with Gasteiger partial charge in [0.05, 0.1) is 23.6 Å². The molecule has 8 heteroatoms. The molecule has 2 rings (SSSR count). The number of sulfonamides is 1. The minimum Gasteiger partial charge on any atom is -0.497 e. The van der Waals surface area contributed by atoms with E-state index in [1.54, 1.807) is 37.4 Å². The molecule has 0 fully saturated rings. The van der Waals surface area contributed by atoms with Gasteiger partial charge in [0.25, 0.3) is 5.91 Å². The number of hydrogen-bond acceptors (Lipinski definition) is 4. The summed E-state index contributed by atoms with van der Waals surface area (Å²) >= 11 is 3.37. The van der Waals surface area contributed by atoms with E-state index in [0.29, 0.717) is 21.3 Å². The number of carbonyl (C=O) groups excluding carboxylic acids is 1. The number of benzene rings is 2. The fourth-order valence-corrected chi connectivity index (χ4v) is 3.32. The molecule has 2 aromatic carbocycles. The van der Waals surface area contributed by atoms with E-state index in [4.69, 9.17) is 9.88 Å². The van der Waals surface area contributed by atoms with Crippen LogP contribution in [0.25, 0.3) is 0 Å². The molecule has 0 aliphatic carbocycles. The van der Waals surface area contributed by atoms with E-state index in [-0.39, 0.29) is 16.8 Å². The first-order chi connectivity index (χ1) is 11.6. The van der Waals surface area contributed by atoms with Crippen LogP contribution in [-0.4, -0.2) is 33.4 Å². The van der Waals surface area contributed by atoms with E-state index in [2.05, 4.69) is 15.9 Å². The number of nitrogens with zero attached hydrogens (tertiary/aromatic N) is 1. The van der Waals surface area contributed by atoms with E-state index >= 15 is 0 Å². The molecule has 0 radical (unpaired) electrons. The van der Waals surface area contributed by atoms with Gasteiger partial charge in [-0.15, -0.1) is 0 Å². The standard InChI is InChI=1S/C17H19BrN2O4S/c1-11(12-5-4-6-14(9-12)25(19,22)23)20(2)17(21)15-10-13(24-3)7-8-16(15)18/h4-11H,1-3H3,(H2,19,22,23). The highest BCUT2D eigenvalue weighted by molar-refractivity contribution is 9.10. The van der Waals surface area contributed by atoms with Gasteiger partial charge in [-0.2, -0.15) is 0 Å². The van der Waals surface area contributed by atoms with Gasteiger partial charge in [0.1, 0.15) is 5.75 Å². The van der Waals surface area contributed by atoms with Crippen molar-refractivity contribution < 1.29 is 17.9 Å². The van der Waals surface area contributed by atoms with Crippen molar-refractivity contribution in [1.29, 1.82) is 0 Å². The maximum absolute atomic E-state index is 12.8. The lowest BCUT2D eigenvalue weighted by Gasteiger charge is -2.26. The van der Waals surface area contributed by atoms with Gasteiger partial charge in [-0.05, 0) is 58.7 Å². The highest BCUT2D eigenvalue weighted by Gasteiger charge is 2.22. The zero-order chi connectivity index (χ0) is 18.8. The summed E-state index contributed by atoms with van der Waals surface area (Å²) in [6.45, 7) is 1.81. The molecule has 1 amide bonds. The summed E-state index contributed by atoms with van der Waals surface area (Å²) in [6, 6.07) is 11.0. The van der Waals surface area contributed by atoms with Crippen LogP contribution in [0, 0.1) is 0 Å². The Morgan fingerprint density at radius 1 is 1.24 bits per heavy atom. The summed E-state index contributed by atoms with van der Waals surface area (Å²) in [7, 11) is -0.615. The molecule has 0 aliphatic rings. The maximum atomic E-state index is 12.8. The van der Waals surface area contributed by atoms with Crippen molar-refractivity contribution >= 4 is 31.9 Å². The number of halogens is 1. The van der Waals surface area contributed by atoms with Crippen LogP contribution in [0.1, 0.15) is 28.9 Å². The Morgan fingerprint density at radius 2 is 1.92 bits per heavy atom. The molecule has 0 aliphatic heterocycles. The smallest absolute Gasteiger partial charge is 0.255 e. The molecule has 1 atom stereocenters. The average molecular weight is 427 g/mol. The van der Waals surface area contributed by atoms with Gasteiger partial charge in [0.15, 0.2) is 0 Å². The summed E-state index contributed by atoms with van der Waals surface area (Å²) in [5.74, 6) is 0.350. The normalized spacial score (nSPS) is 12.5. The highest BCUT2D eigenvalue weighted by Crippen LogP contribution is 2.27. The van der Waals surface area contributed by atoms with E-state index in [9.17, 15) is 13.2 Å². The SMILES string of the molecule is COc1ccc(Br)c(C(=O)N(C)C(C)c2cccc(S(N)(=O)=O)c2)c1. The van der Waals surface area contributed by atoms with Crippen molar-refractivity contribution in [3.63, 3.8) is 0 Å². The lowest BCUT2D eigenvalue weighted by molar-refractivity contribution is 0.0741. The highest BCUT2D eigenvalue weighted by atomic mass is 79.9. The summed E-state index contributed by atoms with van der Waals surface area (Å²) < 4.78 is 28.9. The topological polar surface area (TPSA) is 89.7 Å². The first-order valence-corrected chi connectivity index (χ1v) is 9.72. The first-order valence-electron chi connectivity index (χ1n) is 7.38. The number of hydrogen-bond donors (Lipinski definition) is 1. The van der Waals surface area contributed by atoms with E-state index in [1.807, 2.05) is 6.92 Å². The van der Waals surface area contributed by atoms with Crippen molar-refractivity contribution in [2.75, 3.05) is 14.2 Å². The van der Waals surface area contributed by atoms with Crippen LogP contribution in [0.3, 0.4) is 0 Å². The average Bonchev–Trinajstić information content (AvgIpc) is 2.59. The maximum Gasteiger partial charge on any atom is 0.255 e. The fraction of sp³-hybridized carbons (Fsp3) is 0.235. The van der Waals surface area contributed by atoms with Crippen molar-refractivity contribution in [1.82, 2.24) is 4.90 Å². The first kappa shape index (κ1) is 19.4. The van der Waals surface area contributed by atoms with Crippen molar-refractivity contribution in [3.05, 3.63) is 58.1 Å². The van der Waals surface area contributed by atoms with Crippen molar-refractivity contribution in [2.24, 2.45) is 5.14 Å². The fourth-order valence-electron chi connectivity index (χ4n) is 2.34. The second-order valence-electron chi connectivity index (χ2n) is 5.56. The molecule has 2 N–H and O–H groups in total. The van der Waals surface area contributed by atoms with Crippen molar-refractivity contribution in [3.8, 4) is 5.75 Å². The predicted molar refractivity (Wildman–Crippen MR) is 99.0 cm³/mol. The van der Waals surface area contributed by atoms with Gasteiger partial charge in [-0.3, -0.25) is 4.79 Å². The van der Waals surface area contributed by atoms with Gasteiger partial charge in [-0.1, -0.05) is 12.1 Å². The lowest BCUT2D eigenvalue weighted by atomic mass is 10.1. The number of rotatable bonds is 5. The molecule has 1 unspecified atom stereocenters. The number of methoxy groups -OCH3 is 1. The zero-order valence-corrected chi connectivity index (χ0v) is 16.5.